The molecule has 0 unspecified atom stereocenters. The van der Waals surface area contributed by atoms with Gasteiger partial charge in [0.25, 0.3) is 0 Å². The molecule has 138 valence electrons. The number of anilines is 1. The first-order chi connectivity index (χ1) is 13.1. The molecule has 0 aliphatic carbocycles. The topological polar surface area (TPSA) is 71.3 Å². The summed E-state index contributed by atoms with van der Waals surface area (Å²) in [6.45, 7) is 4.72. The molecular weight excluding hydrogens is 340 g/mol. The van der Waals surface area contributed by atoms with Gasteiger partial charge >= 0.3 is 6.03 Å². The number of amides is 2. The summed E-state index contributed by atoms with van der Waals surface area (Å²) < 4.78 is 5.50. The summed E-state index contributed by atoms with van der Waals surface area (Å²) in [6.07, 6.45) is 1.73. The van der Waals surface area contributed by atoms with Gasteiger partial charge in [-0.2, -0.15) is 4.98 Å². The van der Waals surface area contributed by atoms with E-state index in [1.165, 1.54) is 5.56 Å². The van der Waals surface area contributed by atoms with Crippen LogP contribution >= 0.6 is 0 Å². The number of likely N-dealkylation sites (tertiary alicyclic amines) is 1. The predicted molar refractivity (Wildman–Crippen MR) is 103 cm³/mol. The summed E-state index contributed by atoms with van der Waals surface area (Å²) >= 11 is 0. The van der Waals surface area contributed by atoms with E-state index >= 15 is 0 Å². The minimum absolute atomic E-state index is 0.142. The fraction of sp³-hybridized carbons (Fsp3) is 0.286. The van der Waals surface area contributed by atoms with Crippen LogP contribution in [0.1, 0.15) is 35.9 Å². The maximum Gasteiger partial charge on any atom is 0.322 e. The summed E-state index contributed by atoms with van der Waals surface area (Å²) in [5, 5.41) is 7.06. The van der Waals surface area contributed by atoms with Crippen molar-refractivity contribution in [1.29, 1.82) is 0 Å². The van der Waals surface area contributed by atoms with Crippen molar-refractivity contribution in [2.24, 2.45) is 0 Å². The number of hydrogen-bond acceptors (Lipinski definition) is 4. The monoisotopic (exact) mass is 362 g/mol. The van der Waals surface area contributed by atoms with Gasteiger partial charge in [0.05, 0.1) is 0 Å². The van der Waals surface area contributed by atoms with Crippen LogP contribution in [0.5, 0.6) is 0 Å². The minimum atomic E-state index is -0.192. The van der Waals surface area contributed by atoms with Gasteiger partial charge in [0, 0.05) is 17.8 Å². The number of rotatable bonds is 3. The molecule has 27 heavy (non-hydrogen) atoms. The molecule has 1 fully saturated rings. The van der Waals surface area contributed by atoms with Crippen molar-refractivity contribution in [1.82, 2.24) is 15.0 Å². The van der Waals surface area contributed by atoms with Crippen LogP contribution in [0.25, 0.3) is 11.4 Å². The molecule has 2 amide bonds. The molecule has 1 aliphatic rings. The largest absolute Gasteiger partial charge is 0.337 e. The maximum absolute atomic E-state index is 12.7. The highest BCUT2D eigenvalue weighted by molar-refractivity contribution is 5.89. The van der Waals surface area contributed by atoms with E-state index in [9.17, 15) is 4.79 Å². The van der Waals surface area contributed by atoms with Crippen molar-refractivity contribution < 1.29 is 9.32 Å². The number of benzene rings is 2. The third-order valence-electron chi connectivity index (χ3n) is 4.85. The van der Waals surface area contributed by atoms with Crippen molar-refractivity contribution in [2.45, 2.75) is 32.7 Å². The van der Waals surface area contributed by atoms with Crippen LogP contribution in [-0.2, 0) is 0 Å². The van der Waals surface area contributed by atoms with Gasteiger partial charge in [-0.15, -0.1) is 0 Å². The summed E-state index contributed by atoms with van der Waals surface area (Å²) in [4.78, 5) is 19.0. The zero-order chi connectivity index (χ0) is 18.8. The number of nitrogens with one attached hydrogen (secondary N) is 1. The second-order valence-corrected chi connectivity index (χ2v) is 6.97. The van der Waals surface area contributed by atoms with Gasteiger partial charge in [-0.05, 0) is 38.8 Å². The molecule has 0 saturated carbocycles. The molecule has 1 aliphatic heterocycles. The molecule has 6 heteroatoms. The lowest BCUT2D eigenvalue weighted by Crippen LogP contribution is -2.34. The van der Waals surface area contributed by atoms with E-state index in [1.54, 1.807) is 4.90 Å². The SMILES string of the molecule is Cc1ccc(NC(=O)N2CCC[C@@H]2c2nc(-c3ccc(C)cc3)no2)cc1. The van der Waals surface area contributed by atoms with Crippen molar-refractivity contribution in [3.05, 3.63) is 65.5 Å². The molecule has 2 heterocycles. The van der Waals surface area contributed by atoms with E-state index in [-0.39, 0.29) is 12.1 Å². The Kier molecular flexibility index (Phi) is 4.62. The van der Waals surface area contributed by atoms with E-state index in [0.29, 0.717) is 18.3 Å². The second kappa shape index (κ2) is 7.23. The molecule has 0 bridgehead atoms. The number of carbonyl (C=O) groups is 1. The predicted octanol–water partition coefficient (Wildman–Crippen LogP) is 4.72. The van der Waals surface area contributed by atoms with Gasteiger partial charge in [-0.1, -0.05) is 52.7 Å². The lowest BCUT2D eigenvalue weighted by atomic mass is 10.1. The average molecular weight is 362 g/mol. The third-order valence-corrected chi connectivity index (χ3v) is 4.85. The number of aryl methyl sites for hydroxylation is 2. The van der Waals surface area contributed by atoms with Crippen molar-refractivity contribution >= 4 is 11.7 Å². The van der Waals surface area contributed by atoms with Crippen LogP contribution in [0.2, 0.25) is 0 Å². The normalized spacial score (nSPS) is 16.5. The first kappa shape index (κ1) is 17.3. The quantitative estimate of drug-likeness (QED) is 0.732. The van der Waals surface area contributed by atoms with Crippen LogP contribution in [0.3, 0.4) is 0 Å². The Balaban J connectivity index is 1.50. The van der Waals surface area contributed by atoms with Crippen LogP contribution in [0.4, 0.5) is 10.5 Å². The molecule has 6 nitrogen and oxygen atoms in total. The standard InChI is InChI=1S/C21H22N4O2/c1-14-5-9-16(10-6-14)19-23-20(27-24-19)18-4-3-13-25(18)21(26)22-17-11-7-15(2)8-12-17/h5-12,18H,3-4,13H2,1-2H3,(H,22,26)/t18-/m1/s1. The smallest absolute Gasteiger partial charge is 0.322 e. The van der Waals surface area contributed by atoms with Gasteiger partial charge in [0.2, 0.25) is 11.7 Å². The Morgan fingerprint density at radius 3 is 2.44 bits per heavy atom. The third kappa shape index (κ3) is 3.69. The summed E-state index contributed by atoms with van der Waals surface area (Å²) in [6, 6.07) is 15.4. The van der Waals surface area contributed by atoms with E-state index in [2.05, 4.69) is 15.5 Å². The van der Waals surface area contributed by atoms with Crippen LogP contribution < -0.4 is 5.32 Å². The first-order valence-electron chi connectivity index (χ1n) is 9.15. The summed E-state index contributed by atoms with van der Waals surface area (Å²) in [5.74, 6) is 1.04. The molecule has 1 saturated heterocycles. The van der Waals surface area contributed by atoms with Gasteiger partial charge < -0.3 is 14.7 Å². The molecule has 1 N–H and O–H groups in total. The van der Waals surface area contributed by atoms with E-state index < -0.39 is 0 Å². The highest BCUT2D eigenvalue weighted by Crippen LogP contribution is 2.32. The fourth-order valence-electron chi connectivity index (χ4n) is 3.29. The zero-order valence-corrected chi connectivity index (χ0v) is 15.5. The van der Waals surface area contributed by atoms with Crippen LogP contribution in [0.15, 0.2) is 53.1 Å². The molecule has 1 atom stereocenters. The van der Waals surface area contributed by atoms with Crippen LogP contribution in [0, 0.1) is 13.8 Å². The fourth-order valence-corrected chi connectivity index (χ4v) is 3.29. The molecule has 4 rings (SSSR count). The first-order valence-corrected chi connectivity index (χ1v) is 9.15. The molecule has 3 aromatic rings. The Labute approximate surface area is 158 Å². The van der Waals surface area contributed by atoms with E-state index in [1.807, 2.05) is 62.4 Å². The Bertz CT molecular complexity index is 932. The molecular formula is C21H22N4O2. The lowest BCUT2D eigenvalue weighted by molar-refractivity contribution is 0.193. The Morgan fingerprint density at radius 2 is 1.74 bits per heavy atom. The van der Waals surface area contributed by atoms with Crippen LogP contribution in [-0.4, -0.2) is 27.6 Å². The molecule has 0 spiro atoms. The highest BCUT2D eigenvalue weighted by atomic mass is 16.5. The van der Waals surface area contributed by atoms with Gasteiger partial charge in [0.1, 0.15) is 6.04 Å². The number of nitrogens with zero attached hydrogens (tertiary/aromatic N) is 3. The van der Waals surface area contributed by atoms with Crippen molar-refractivity contribution in [3.63, 3.8) is 0 Å². The number of aromatic nitrogens is 2. The second-order valence-electron chi connectivity index (χ2n) is 6.97. The molecule has 1 aromatic heterocycles. The minimum Gasteiger partial charge on any atom is -0.337 e. The van der Waals surface area contributed by atoms with Gasteiger partial charge in [-0.25, -0.2) is 4.79 Å². The van der Waals surface area contributed by atoms with E-state index in [0.717, 1.165) is 29.7 Å². The number of hydrogen-bond donors (Lipinski definition) is 1. The molecule has 0 radical (unpaired) electrons. The summed E-state index contributed by atoms with van der Waals surface area (Å²) in [7, 11) is 0. The Morgan fingerprint density at radius 1 is 1.07 bits per heavy atom. The zero-order valence-electron chi connectivity index (χ0n) is 15.5. The lowest BCUT2D eigenvalue weighted by Gasteiger charge is -2.22. The van der Waals surface area contributed by atoms with Crippen molar-refractivity contribution in [3.8, 4) is 11.4 Å². The number of carbonyl (C=O) groups excluding carboxylic acids is 1. The van der Waals surface area contributed by atoms with Gasteiger partial charge in [-0.3, -0.25) is 0 Å². The van der Waals surface area contributed by atoms with Crippen molar-refractivity contribution in [2.75, 3.05) is 11.9 Å². The maximum atomic E-state index is 12.7. The van der Waals surface area contributed by atoms with Gasteiger partial charge in [0.15, 0.2) is 0 Å². The molecule has 2 aromatic carbocycles. The van der Waals surface area contributed by atoms with E-state index in [4.69, 9.17) is 4.52 Å². The number of urea groups is 1. The highest BCUT2D eigenvalue weighted by Gasteiger charge is 2.34. The Hall–Kier alpha value is -3.15. The summed E-state index contributed by atoms with van der Waals surface area (Å²) in [5.41, 5.74) is 4.02. The average Bonchev–Trinajstić information content (AvgIpc) is 3.33.